The van der Waals surface area contributed by atoms with Gasteiger partial charge in [0.2, 0.25) is 5.79 Å². The van der Waals surface area contributed by atoms with Gasteiger partial charge < -0.3 is 29.2 Å². The maximum atomic E-state index is 13.3. The van der Waals surface area contributed by atoms with E-state index >= 15 is 0 Å². The quantitative estimate of drug-likeness (QED) is 0.244. The summed E-state index contributed by atoms with van der Waals surface area (Å²) in [6, 6.07) is 1.53. The van der Waals surface area contributed by atoms with Crippen LogP contribution in [-0.2, 0) is 30.2 Å². The van der Waals surface area contributed by atoms with E-state index in [4.69, 9.17) is 18.9 Å². The van der Waals surface area contributed by atoms with E-state index in [1.165, 1.54) is 13.2 Å². The molecule has 1 fully saturated rings. The Labute approximate surface area is 223 Å². The predicted octanol–water partition coefficient (Wildman–Crippen LogP) is 4.96. The van der Waals surface area contributed by atoms with Crippen molar-refractivity contribution in [1.82, 2.24) is 0 Å². The summed E-state index contributed by atoms with van der Waals surface area (Å²) in [6.07, 6.45) is 4.88. The van der Waals surface area contributed by atoms with E-state index in [2.05, 4.69) is 6.92 Å². The van der Waals surface area contributed by atoms with Crippen LogP contribution >= 0.6 is 0 Å². The topological polar surface area (TPSA) is 129 Å². The van der Waals surface area contributed by atoms with E-state index < -0.39 is 29.2 Å². The van der Waals surface area contributed by atoms with Crippen LogP contribution in [0.2, 0.25) is 0 Å². The van der Waals surface area contributed by atoms with E-state index in [0.29, 0.717) is 24.8 Å². The molecule has 0 saturated carbocycles. The lowest BCUT2D eigenvalue weighted by Crippen LogP contribution is -2.48. The largest absolute Gasteiger partial charge is 0.507 e. The molecule has 1 unspecified atom stereocenters. The summed E-state index contributed by atoms with van der Waals surface area (Å²) >= 11 is 0. The van der Waals surface area contributed by atoms with Crippen molar-refractivity contribution in [1.29, 1.82) is 0 Å². The van der Waals surface area contributed by atoms with Crippen molar-refractivity contribution in [2.75, 3.05) is 13.7 Å². The first-order valence-electron chi connectivity index (χ1n) is 13.7. The molecule has 1 saturated heterocycles. The molecule has 210 valence electrons. The number of rotatable bonds is 10. The summed E-state index contributed by atoms with van der Waals surface area (Å²) in [6.45, 7) is 7.65. The minimum Gasteiger partial charge on any atom is -0.507 e. The Bertz CT molecular complexity index is 1100. The third kappa shape index (κ3) is 4.79. The minimum absolute atomic E-state index is 0.0588. The number of Topliss-reactive ketones (excluding diaryl/α,β-unsaturated/α-hetero) is 1. The number of benzene rings is 1. The Morgan fingerprint density at radius 3 is 2.61 bits per heavy atom. The first kappa shape index (κ1) is 28.4. The number of carbonyl (C=O) groups is 3. The minimum atomic E-state index is -1.30. The zero-order chi connectivity index (χ0) is 27.8. The molecule has 9 heteroatoms. The van der Waals surface area contributed by atoms with Crippen LogP contribution in [0.3, 0.4) is 0 Å². The van der Waals surface area contributed by atoms with Gasteiger partial charge in [-0.3, -0.25) is 9.59 Å². The van der Waals surface area contributed by atoms with Gasteiger partial charge in [0.15, 0.2) is 0 Å². The maximum absolute atomic E-state index is 13.3. The second-order valence-corrected chi connectivity index (χ2v) is 11.2. The third-order valence-corrected chi connectivity index (χ3v) is 8.95. The fourth-order valence-electron chi connectivity index (χ4n) is 6.19. The number of unbranched alkanes of at least 4 members (excludes halogenated alkanes) is 2. The van der Waals surface area contributed by atoms with E-state index in [9.17, 15) is 24.6 Å². The molecule has 3 heterocycles. The molecule has 38 heavy (non-hydrogen) atoms. The summed E-state index contributed by atoms with van der Waals surface area (Å²) in [5.74, 6) is -4.13. The van der Waals surface area contributed by atoms with Crippen molar-refractivity contribution in [3.05, 3.63) is 22.8 Å². The van der Waals surface area contributed by atoms with Gasteiger partial charge in [-0.25, -0.2) is 4.79 Å². The van der Waals surface area contributed by atoms with Crippen molar-refractivity contribution in [2.45, 2.75) is 97.1 Å². The number of esters is 1. The summed E-state index contributed by atoms with van der Waals surface area (Å²) < 4.78 is 24.1. The molecule has 1 spiro atoms. The highest BCUT2D eigenvalue weighted by Crippen LogP contribution is 2.56. The summed E-state index contributed by atoms with van der Waals surface area (Å²) in [4.78, 5) is 37.8. The first-order valence-corrected chi connectivity index (χ1v) is 13.7. The Kier molecular flexibility index (Phi) is 8.09. The number of carbonyl (C=O) groups excluding carboxylic acids is 2. The van der Waals surface area contributed by atoms with Crippen LogP contribution in [-0.4, -0.2) is 53.5 Å². The number of hydrogen-bond acceptors (Lipinski definition) is 8. The standard InChI is InChI=1S/C29H40O9/c1-6-8-9-10-19-11-17-12-20(30)24(26(32)33)25-23(17)21(37-19)14-29(38-25)16(3)18(15-36-29)13-22(31)28(4,7-2)27(34)35-5/h12,16,18-19,21,30H,6-11,13-15H2,1-5H3,(H,32,33)/t16-,18+,19+,21-,28?,29-/m0/s1. The van der Waals surface area contributed by atoms with Crippen molar-refractivity contribution in [3.63, 3.8) is 0 Å². The van der Waals surface area contributed by atoms with Crippen molar-refractivity contribution in [2.24, 2.45) is 17.3 Å². The Morgan fingerprint density at radius 1 is 1.24 bits per heavy atom. The second kappa shape index (κ2) is 10.8. The van der Waals surface area contributed by atoms with Crippen molar-refractivity contribution in [3.8, 4) is 11.5 Å². The SMILES string of the molecule is CCCCC[C@@H]1Cc2cc(O)c(C(=O)O)c3c2[C@H](C[C@]2(OC[C@@H](CC(=O)C(C)(CC)C(=O)OC)[C@@H]2C)O3)O1. The summed E-state index contributed by atoms with van der Waals surface area (Å²) in [5.41, 5.74) is -0.0542. The fourth-order valence-corrected chi connectivity index (χ4v) is 6.19. The molecule has 3 aliphatic heterocycles. The fraction of sp³-hybridized carbons (Fsp3) is 0.690. The monoisotopic (exact) mass is 532 g/mol. The normalized spacial score (nSPS) is 29.3. The lowest BCUT2D eigenvalue weighted by atomic mass is 9.75. The van der Waals surface area contributed by atoms with Crippen LogP contribution < -0.4 is 4.74 Å². The van der Waals surface area contributed by atoms with E-state index in [1.54, 1.807) is 13.8 Å². The van der Waals surface area contributed by atoms with Crippen LogP contribution in [0.15, 0.2) is 6.07 Å². The Balaban J connectivity index is 1.65. The van der Waals surface area contributed by atoms with E-state index in [0.717, 1.165) is 31.2 Å². The molecule has 0 amide bonds. The number of methoxy groups -OCH3 is 1. The van der Waals surface area contributed by atoms with Crippen LogP contribution in [0, 0.1) is 17.3 Å². The van der Waals surface area contributed by atoms with Gasteiger partial charge in [0.1, 0.15) is 28.3 Å². The second-order valence-electron chi connectivity index (χ2n) is 11.2. The molecule has 4 rings (SSSR count). The van der Waals surface area contributed by atoms with Gasteiger partial charge in [-0.15, -0.1) is 0 Å². The molecule has 1 aromatic carbocycles. The molecule has 0 aliphatic carbocycles. The van der Waals surface area contributed by atoms with Crippen LogP contribution in [0.25, 0.3) is 0 Å². The van der Waals surface area contributed by atoms with Crippen LogP contribution in [0.4, 0.5) is 0 Å². The molecule has 0 aromatic heterocycles. The zero-order valence-electron chi connectivity index (χ0n) is 23.0. The smallest absolute Gasteiger partial charge is 0.343 e. The number of carboxylic acid groups (broad SMARTS) is 1. The summed E-state index contributed by atoms with van der Waals surface area (Å²) in [7, 11) is 1.27. The number of hydrogen-bond donors (Lipinski definition) is 2. The molecule has 6 atom stereocenters. The highest BCUT2D eigenvalue weighted by molar-refractivity contribution is 6.03. The molecular formula is C29H40O9. The number of aromatic carboxylic acids is 1. The lowest BCUT2D eigenvalue weighted by molar-refractivity contribution is -0.214. The molecule has 3 aliphatic rings. The van der Waals surface area contributed by atoms with Gasteiger partial charge in [0, 0.05) is 24.3 Å². The van der Waals surface area contributed by atoms with Crippen molar-refractivity contribution < 1.29 is 43.5 Å². The number of ether oxygens (including phenoxy) is 4. The average Bonchev–Trinajstić information content (AvgIpc) is 3.16. The Hall–Kier alpha value is -2.65. The number of carboxylic acids is 1. The third-order valence-electron chi connectivity index (χ3n) is 8.95. The first-order chi connectivity index (χ1) is 18.0. The maximum Gasteiger partial charge on any atom is 0.343 e. The Morgan fingerprint density at radius 2 is 1.97 bits per heavy atom. The van der Waals surface area contributed by atoms with Crippen LogP contribution in [0.5, 0.6) is 11.5 Å². The van der Waals surface area contributed by atoms with Gasteiger partial charge in [-0.1, -0.05) is 40.0 Å². The molecule has 9 nitrogen and oxygen atoms in total. The highest BCUT2D eigenvalue weighted by Gasteiger charge is 2.57. The number of phenols is 1. The van der Waals surface area contributed by atoms with Gasteiger partial charge in [0.05, 0.1) is 25.9 Å². The molecular weight excluding hydrogens is 492 g/mol. The molecule has 1 aromatic rings. The number of ketones is 1. The van der Waals surface area contributed by atoms with Gasteiger partial charge in [-0.2, -0.15) is 0 Å². The van der Waals surface area contributed by atoms with Crippen LogP contribution in [0.1, 0.15) is 100 Å². The molecule has 0 bridgehead atoms. The van der Waals surface area contributed by atoms with E-state index in [-0.39, 0.29) is 53.8 Å². The summed E-state index contributed by atoms with van der Waals surface area (Å²) in [5, 5.41) is 20.6. The predicted molar refractivity (Wildman–Crippen MR) is 137 cm³/mol. The zero-order valence-corrected chi connectivity index (χ0v) is 23.0. The van der Waals surface area contributed by atoms with Gasteiger partial charge in [0.25, 0.3) is 0 Å². The van der Waals surface area contributed by atoms with Crippen molar-refractivity contribution >= 4 is 17.7 Å². The number of aromatic hydroxyl groups is 1. The van der Waals surface area contributed by atoms with Gasteiger partial charge >= 0.3 is 11.9 Å². The molecule has 0 radical (unpaired) electrons. The average molecular weight is 533 g/mol. The molecule has 2 N–H and O–H groups in total. The van der Waals surface area contributed by atoms with Gasteiger partial charge in [-0.05, 0) is 43.7 Å². The van der Waals surface area contributed by atoms with E-state index in [1.807, 2.05) is 6.92 Å². The highest BCUT2D eigenvalue weighted by atomic mass is 16.7. The lowest BCUT2D eigenvalue weighted by Gasteiger charge is -2.46.